The maximum atomic E-state index is 5.33. The van der Waals surface area contributed by atoms with Crippen LogP contribution in [0.15, 0.2) is 12.7 Å². The summed E-state index contributed by atoms with van der Waals surface area (Å²) in [5.41, 5.74) is 0.0425. The smallest absolute Gasteiger partial charge is 0.0622 e. The van der Waals surface area contributed by atoms with Crippen LogP contribution in [0.3, 0.4) is 0 Å². The molecule has 0 aromatic heterocycles. The summed E-state index contributed by atoms with van der Waals surface area (Å²) >= 11 is 0. The molecule has 1 heteroatoms. The largest absolute Gasteiger partial charge is 0.379 e. The van der Waals surface area contributed by atoms with Crippen LogP contribution in [0.5, 0.6) is 0 Å². The third-order valence-electron chi connectivity index (χ3n) is 2.39. The van der Waals surface area contributed by atoms with Crippen molar-refractivity contribution in [3.05, 3.63) is 12.7 Å². The second kappa shape index (κ2) is 5.36. The molecule has 0 saturated heterocycles. The van der Waals surface area contributed by atoms with Crippen LogP contribution in [-0.2, 0) is 4.74 Å². The van der Waals surface area contributed by atoms with E-state index in [4.69, 9.17) is 4.74 Å². The Labute approximate surface area is 76.8 Å². The van der Waals surface area contributed by atoms with Crippen LogP contribution in [0.1, 0.15) is 40.0 Å². The van der Waals surface area contributed by atoms with Gasteiger partial charge in [0.15, 0.2) is 0 Å². The van der Waals surface area contributed by atoms with Crippen molar-refractivity contribution in [3.63, 3.8) is 0 Å². The van der Waals surface area contributed by atoms with Crippen LogP contribution in [-0.4, -0.2) is 12.7 Å². The summed E-state index contributed by atoms with van der Waals surface area (Å²) in [7, 11) is 1.77. The van der Waals surface area contributed by atoms with Crippen molar-refractivity contribution in [2.45, 2.75) is 45.6 Å². The maximum absolute atomic E-state index is 5.33. The summed E-state index contributed by atoms with van der Waals surface area (Å²) < 4.78 is 5.33. The molecule has 0 fully saturated rings. The Morgan fingerprint density at radius 3 is 2.50 bits per heavy atom. The monoisotopic (exact) mass is 170 g/mol. The fourth-order valence-corrected chi connectivity index (χ4v) is 1.07. The molecular formula is C11H22O. The highest BCUT2D eigenvalue weighted by Crippen LogP contribution is 2.18. The number of methoxy groups -OCH3 is 1. The molecule has 0 bridgehead atoms. The summed E-state index contributed by atoms with van der Waals surface area (Å²) in [6, 6.07) is 0. The van der Waals surface area contributed by atoms with Gasteiger partial charge in [0.25, 0.3) is 0 Å². The van der Waals surface area contributed by atoms with Crippen LogP contribution >= 0.6 is 0 Å². The molecule has 0 aromatic rings. The molecule has 0 radical (unpaired) electrons. The number of hydrogen-bond acceptors (Lipinski definition) is 1. The van der Waals surface area contributed by atoms with Gasteiger partial charge in [0.1, 0.15) is 0 Å². The van der Waals surface area contributed by atoms with Crippen molar-refractivity contribution in [2.75, 3.05) is 7.11 Å². The van der Waals surface area contributed by atoms with Crippen LogP contribution in [0, 0.1) is 5.92 Å². The summed E-state index contributed by atoms with van der Waals surface area (Å²) in [5.74, 6) is 0.637. The zero-order chi connectivity index (χ0) is 9.61. The van der Waals surface area contributed by atoms with E-state index in [9.17, 15) is 0 Å². The molecule has 0 aliphatic rings. The zero-order valence-corrected chi connectivity index (χ0v) is 8.89. The summed E-state index contributed by atoms with van der Waals surface area (Å²) in [6.45, 7) is 10.2. The molecule has 0 aliphatic carbocycles. The Morgan fingerprint density at radius 1 is 1.50 bits per heavy atom. The Balaban J connectivity index is 3.49. The molecule has 0 aliphatic heterocycles. The van der Waals surface area contributed by atoms with E-state index in [1.807, 2.05) is 6.08 Å². The molecule has 1 nitrogen and oxygen atoms in total. The summed E-state index contributed by atoms with van der Waals surface area (Å²) in [6.07, 6.45) is 5.58. The van der Waals surface area contributed by atoms with E-state index in [-0.39, 0.29) is 5.60 Å². The van der Waals surface area contributed by atoms with Gasteiger partial charge >= 0.3 is 0 Å². The SMILES string of the molecule is C=C[C@@H](C)CCCC(C)(C)OC. The zero-order valence-electron chi connectivity index (χ0n) is 8.89. The molecule has 0 saturated carbocycles. The Bertz CT molecular complexity index is 127. The highest BCUT2D eigenvalue weighted by atomic mass is 16.5. The quantitative estimate of drug-likeness (QED) is 0.555. The third kappa shape index (κ3) is 5.36. The van der Waals surface area contributed by atoms with Crippen molar-refractivity contribution < 1.29 is 4.74 Å². The van der Waals surface area contributed by atoms with Crippen LogP contribution in [0.4, 0.5) is 0 Å². The molecule has 12 heavy (non-hydrogen) atoms. The van der Waals surface area contributed by atoms with E-state index < -0.39 is 0 Å². The summed E-state index contributed by atoms with van der Waals surface area (Å²) in [4.78, 5) is 0. The van der Waals surface area contributed by atoms with E-state index in [1.165, 1.54) is 12.8 Å². The van der Waals surface area contributed by atoms with E-state index in [0.717, 1.165) is 6.42 Å². The number of ether oxygens (including phenoxy) is 1. The van der Waals surface area contributed by atoms with Gasteiger partial charge in [-0.3, -0.25) is 0 Å². The van der Waals surface area contributed by atoms with E-state index in [2.05, 4.69) is 27.4 Å². The van der Waals surface area contributed by atoms with Gasteiger partial charge in [0, 0.05) is 7.11 Å². The van der Waals surface area contributed by atoms with E-state index >= 15 is 0 Å². The number of rotatable bonds is 6. The predicted molar refractivity (Wildman–Crippen MR) is 54.3 cm³/mol. The van der Waals surface area contributed by atoms with Crippen molar-refractivity contribution in [1.29, 1.82) is 0 Å². The molecule has 1 atom stereocenters. The minimum atomic E-state index is 0.0425. The van der Waals surface area contributed by atoms with Gasteiger partial charge in [-0.1, -0.05) is 19.4 Å². The molecule has 0 amide bonds. The number of hydrogen-bond donors (Lipinski definition) is 0. The second-order valence-electron chi connectivity index (χ2n) is 4.07. The molecule has 0 heterocycles. The number of allylic oxidation sites excluding steroid dienone is 1. The topological polar surface area (TPSA) is 9.23 Å². The van der Waals surface area contributed by atoms with Gasteiger partial charge in [0.2, 0.25) is 0 Å². The first-order valence-electron chi connectivity index (χ1n) is 4.69. The lowest BCUT2D eigenvalue weighted by molar-refractivity contribution is 0.0130. The van der Waals surface area contributed by atoms with Gasteiger partial charge in [-0.25, -0.2) is 0 Å². The van der Waals surface area contributed by atoms with Gasteiger partial charge in [-0.15, -0.1) is 6.58 Å². The van der Waals surface area contributed by atoms with Crippen LogP contribution in [0.25, 0.3) is 0 Å². The second-order valence-corrected chi connectivity index (χ2v) is 4.07. The first kappa shape index (κ1) is 11.7. The standard InChI is InChI=1S/C11H22O/c1-6-10(2)8-7-9-11(3,4)12-5/h6,10H,1,7-9H2,2-5H3/t10-/m1/s1. The molecule has 0 N–H and O–H groups in total. The molecule has 0 unspecified atom stereocenters. The van der Waals surface area contributed by atoms with Crippen molar-refractivity contribution in [3.8, 4) is 0 Å². The van der Waals surface area contributed by atoms with Gasteiger partial charge < -0.3 is 4.74 Å². The van der Waals surface area contributed by atoms with Crippen LogP contribution in [0.2, 0.25) is 0 Å². The van der Waals surface area contributed by atoms with Gasteiger partial charge in [0.05, 0.1) is 5.60 Å². The summed E-state index contributed by atoms with van der Waals surface area (Å²) in [5, 5.41) is 0. The van der Waals surface area contributed by atoms with Crippen molar-refractivity contribution in [1.82, 2.24) is 0 Å². The highest BCUT2D eigenvalue weighted by Gasteiger charge is 2.15. The molecular weight excluding hydrogens is 148 g/mol. The molecule has 72 valence electrons. The maximum Gasteiger partial charge on any atom is 0.0622 e. The lowest BCUT2D eigenvalue weighted by Gasteiger charge is -2.22. The first-order chi connectivity index (χ1) is 5.52. The minimum absolute atomic E-state index is 0.0425. The fraction of sp³-hybridized carbons (Fsp3) is 0.818. The van der Waals surface area contributed by atoms with E-state index in [1.54, 1.807) is 7.11 Å². The fourth-order valence-electron chi connectivity index (χ4n) is 1.07. The lowest BCUT2D eigenvalue weighted by Crippen LogP contribution is -2.22. The predicted octanol–water partition coefficient (Wildman–Crippen LogP) is 3.40. The average molecular weight is 170 g/mol. The van der Waals surface area contributed by atoms with Gasteiger partial charge in [-0.2, -0.15) is 0 Å². The highest BCUT2D eigenvalue weighted by molar-refractivity contribution is 4.76. The van der Waals surface area contributed by atoms with Gasteiger partial charge in [-0.05, 0) is 32.6 Å². The Kier molecular flexibility index (Phi) is 5.23. The third-order valence-corrected chi connectivity index (χ3v) is 2.39. The van der Waals surface area contributed by atoms with Crippen molar-refractivity contribution >= 4 is 0 Å². The normalized spacial score (nSPS) is 14.3. The lowest BCUT2D eigenvalue weighted by atomic mass is 9.97. The minimum Gasteiger partial charge on any atom is -0.379 e. The first-order valence-corrected chi connectivity index (χ1v) is 4.69. The van der Waals surface area contributed by atoms with Crippen molar-refractivity contribution in [2.24, 2.45) is 5.92 Å². The van der Waals surface area contributed by atoms with E-state index in [0.29, 0.717) is 5.92 Å². The molecule has 0 spiro atoms. The Morgan fingerprint density at radius 2 is 2.08 bits per heavy atom. The van der Waals surface area contributed by atoms with Crippen LogP contribution < -0.4 is 0 Å². The molecule has 0 rings (SSSR count). The molecule has 0 aromatic carbocycles. The average Bonchev–Trinajstić information content (AvgIpc) is 2.04. The Hall–Kier alpha value is -0.300.